The van der Waals surface area contributed by atoms with Gasteiger partial charge in [0, 0.05) is 45.1 Å². The van der Waals surface area contributed by atoms with Gasteiger partial charge in [-0.1, -0.05) is 0 Å². The zero-order valence-corrected chi connectivity index (χ0v) is 13.4. The molecule has 1 saturated heterocycles. The number of fused-ring (bicyclic) bond motifs is 1. The molecule has 0 aliphatic carbocycles. The van der Waals surface area contributed by atoms with E-state index in [0.717, 1.165) is 19.5 Å². The largest absolute Gasteiger partial charge is 0.378 e. The molecule has 2 aliphatic rings. The van der Waals surface area contributed by atoms with Gasteiger partial charge in [-0.15, -0.1) is 0 Å². The molecule has 0 radical (unpaired) electrons. The second-order valence-corrected chi connectivity index (χ2v) is 6.23. The van der Waals surface area contributed by atoms with Crippen LogP contribution in [-0.2, 0) is 24.2 Å². The van der Waals surface area contributed by atoms with Crippen LogP contribution in [0.25, 0.3) is 0 Å². The van der Waals surface area contributed by atoms with E-state index in [1.165, 1.54) is 16.7 Å². The lowest BCUT2D eigenvalue weighted by Gasteiger charge is -2.36. The first-order valence-corrected chi connectivity index (χ1v) is 7.86. The van der Waals surface area contributed by atoms with Gasteiger partial charge < -0.3 is 19.4 Å². The van der Waals surface area contributed by atoms with Crippen molar-refractivity contribution in [3.8, 4) is 0 Å². The molecule has 0 atom stereocenters. The van der Waals surface area contributed by atoms with Crippen LogP contribution >= 0.6 is 0 Å². The van der Waals surface area contributed by atoms with E-state index in [0.29, 0.717) is 32.8 Å². The lowest BCUT2D eigenvalue weighted by Crippen LogP contribution is -2.49. The molecule has 120 valence electrons. The van der Waals surface area contributed by atoms with Gasteiger partial charge in [-0.05, 0) is 37.2 Å². The third-order valence-electron chi connectivity index (χ3n) is 4.27. The fourth-order valence-electron chi connectivity index (χ4n) is 3.16. The Balaban J connectivity index is 1.72. The highest BCUT2D eigenvalue weighted by molar-refractivity contribution is 5.75. The van der Waals surface area contributed by atoms with Crippen molar-refractivity contribution in [1.29, 1.82) is 0 Å². The number of carbonyl (C=O) groups is 1. The number of morpholine rings is 1. The van der Waals surface area contributed by atoms with E-state index in [4.69, 9.17) is 4.74 Å². The van der Waals surface area contributed by atoms with Crippen LogP contribution in [0, 0.1) is 0 Å². The molecule has 0 bridgehead atoms. The standard InChI is InChI=1S/C16H24N4O2/c1-18(2)11-13-9-17-10-14-12-20(4-3-15(13)14)16(21)19-5-7-22-8-6-19/h9-10H,3-8,11-12H2,1-2H3. The van der Waals surface area contributed by atoms with Gasteiger partial charge in [0.1, 0.15) is 0 Å². The molecule has 3 heterocycles. The Hall–Kier alpha value is -1.66. The lowest BCUT2D eigenvalue weighted by molar-refractivity contribution is 0.0421. The van der Waals surface area contributed by atoms with Crippen LogP contribution in [0.1, 0.15) is 16.7 Å². The Morgan fingerprint density at radius 2 is 2.00 bits per heavy atom. The van der Waals surface area contributed by atoms with E-state index >= 15 is 0 Å². The third kappa shape index (κ3) is 3.23. The van der Waals surface area contributed by atoms with Crippen LogP contribution in [0.3, 0.4) is 0 Å². The van der Waals surface area contributed by atoms with Gasteiger partial charge in [-0.25, -0.2) is 4.79 Å². The highest BCUT2D eigenvalue weighted by atomic mass is 16.5. The smallest absolute Gasteiger partial charge is 0.320 e. The van der Waals surface area contributed by atoms with E-state index in [2.05, 4.69) is 24.0 Å². The van der Waals surface area contributed by atoms with Crippen molar-refractivity contribution in [2.24, 2.45) is 0 Å². The van der Waals surface area contributed by atoms with E-state index in [1.54, 1.807) is 0 Å². The van der Waals surface area contributed by atoms with Crippen LogP contribution < -0.4 is 0 Å². The minimum absolute atomic E-state index is 0.131. The number of nitrogens with zero attached hydrogens (tertiary/aromatic N) is 4. The summed E-state index contributed by atoms with van der Waals surface area (Å²) >= 11 is 0. The molecule has 0 aromatic carbocycles. The number of hydrogen-bond donors (Lipinski definition) is 0. The van der Waals surface area contributed by atoms with Gasteiger partial charge in [0.25, 0.3) is 0 Å². The van der Waals surface area contributed by atoms with Crippen LogP contribution in [0.4, 0.5) is 4.79 Å². The second kappa shape index (κ2) is 6.62. The fourth-order valence-corrected chi connectivity index (χ4v) is 3.16. The summed E-state index contributed by atoms with van der Waals surface area (Å²) in [4.78, 5) is 22.9. The van der Waals surface area contributed by atoms with E-state index in [-0.39, 0.29) is 6.03 Å². The molecule has 0 N–H and O–H groups in total. The number of carbonyl (C=O) groups excluding carboxylic acids is 1. The molecular formula is C16H24N4O2. The minimum atomic E-state index is 0.131. The molecule has 1 aromatic heterocycles. The maximum absolute atomic E-state index is 12.6. The summed E-state index contributed by atoms with van der Waals surface area (Å²) in [6.07, 6.45) is 4.78. The van der Waals surface area contributed by atoms with Crippen LogP contribution in [0.15, 0.2) is 12.4 Å². The van der Waals surface area contributed by atoms with E-state index in [9.17, 15) is 4.79 Å². The molecule has 3 rings (SSSR count). The molecule has 6 nitrogen and oxygen atoms in total. The van der Waals surface area contributed by atoms with Gasteiger partial charge in [0.05, 0.1) is 13.2 Å². The maximum Gasteiger partial charge on any atom is 0.320 e. The molecule has 2 aliphatic heterocycles. The number of pyridine rings is 1. The van der Waals surface area contributed by atoms with Crippen molar-refractivity contribution in [2.75, 3.05) is 46.9 Å². The number of amides is 2. The van der Waals surface area contributed by atoms with Crippen LogP contribution in [-0.4, -0.2) is 72.7 Å². The van der Waals surface area contributed by atoms with Crippen molar-refractivity contribution >= 4 is 6.03 Å². The topological polar surface area (TPSA) is 48.9 Å². The predicted octanol–water partition coefficient (Wildman–Crippen LogP) is 0.954. The van der Waals surface area contributed by atoms with Gasteiger partial charge >= 0.3 is 6.03 Å². The predicted molar refractivity (Wildman–Crippen MR) is 83.5 cm³/mol. The third-order valence-corrected chi connectivity index (χ3v) is 4.27. The molecule has 1 fully saturated rings. The summed E-state index contributed by atoms with van der Waals surface area (Å²) in [5.41, 5.74) is 3.84. The number of urea groups is 1. The summed E-state index contributed by atoms with van der Waals surface area (Å²) < 4.78 is 5.32. The van der Waals surface area contributed by atoms with Crippen LogP contribution in [0.2, 0.25) is 0 Å². The summed E-state index contributed by atoms with van der Waals surface area (Å²) in [6.45, 7) is 5.03. The molecule has 2 amide bonds. The average Bonchev–Trinajstić information content (AvgIpc) is 2.54. The summed E-state index contributed by atoms with van der Waals surface area (Å²) in [7, 11) is 4.13. The number of aromatic nitrogens is 1. The Bertz CT molecular complexity index is 541. The second-order valence-electron chi connectivity index (χ2n) is 6.23. The quantitative estimate of drug-likeness (QED) is 0.816. The Morgan fingerprint density at radius 3 is 2.73 bits per heavy atom. The van der Waals surface area contributed by atoms with Crippen molar-refractivity contribution in [2.45, 2.75) is 19.5 Å². The molecule has 0 spiro atoms. The molecule has 6 heteroatoms. The first-order valence-electron chi connectivity index (χ1n) is 7.86. The monoisotopic (exact) mass is 304 g/mol. The lowest BCUT2D eigenvalue weighted by atomic mass is 9.97. The van der Waals surface area contributed by atoms with Crippen molar-refractivity contribution < 1.29 is 9.53 Å². The highest BCUT2D eigenvalue weighted by Gasteiger charge is 2.27. The van der Waals surface area contributed by atoms with Crippen molar-refractivity contribution in [1.82, 2.24) is 19.7 Å². The number of ether oxygens (including phenoxy) is 1. The molecule has 0 unspecified atom stereocenters. The number of rotatable bonds is 2. The van der Waals surface area contributed by atoms with Crippen LogP contribution in [0.5, 0.6) is 0 Å². The van der Waals surface area contributed by atoms with Crippen molar-refractivity contribution in [3.63, 3.8) is 0 Å². The highest BCUT2D eigenvalue weighted by Crippen LogP contribution is 2.23. The zero-order chi connectivity index (χ0) is 15.5. The van der Waals surface area contributed by atoms with Gasteiger partial charge in [0.15, 0.2) is 0 Å². The maximum atomic E-state index is 12.6. The molecule has 22 heavy (non-hydrogen) atoms. The molecular weight excluding hydrogens is 280 g/mol. The Morgan fingerprint density at radius 1 is 1.23 bits per heavy atom. The Labute approximate surface area is 131 Å². The summed E-state index contributed by atoms with van der Waals surface area (Å²) in [5, 5.41) is 0. The molecule has 1 aromatic rings. The van der Waals surface area contributed by atoms with E-state index < -0.39 is 0 Å². The van der Waals surface area contributed by atoms with Gasteiger partial charge in [-0.2, -0.15) is 0 Å². The summed E-state index contributed by atoms with van der Waals surface area (Å²) in [5.74, 6) is 0. The normalized spacial score (nSPS) is 18.5. The average molecular weight is 304 g/mol. The first kappa shape index (κ1) is 15.2. The van der Waals surface area contributed by atoms with Gasteiger partial charge in [0.2, 0.25) is 0 Å². The van der Waals surface area contributed by atoms with E-state index in [1.807, 2.05) is 22.2 Å². The number of hydrogen-bond acceptors (Lipinski definition) is 4. The first-order chi connectivity index (χ1) is 10.6. The minimum Gasteiger partial charge on any atom is -0.378 e. The van der Waals surface area contributed by atoms with Crippen molar-refractivity contribution in [3.05, 3.63) is 29.1 Å². The summed E-state index contributed by atoms with van der Waals surface area (Å²) in [6, 6.07) is 0.131. The molecule has 0 saturated carbocycles. The van der Waals surface area contributed by atoms with Gasteiger partial charge in [-0.3, -0.25) is 4.98 Å². The zero-order valence-electron chi connectivity index (χ0n) is 13.4. The fraction of sp³-hybridized carbons (Fsp3) is 0.625. The Kier molecular flexibility index (Phi) is 4.59. The SMILES string of the molecule is CN(C)Cc1cncc2c1CCN(C(=O)N1CCOCC1)C2.